The molecule has 0 spiro atoms. The molecule has 1 aromatic carbocycles. The Morgan fingerprint density at radius 1 is 1.11 bits per heavy atom. The van der Waals surface area contributed by atoms with Gasteiger partial charge in [0.05, 0.1) is 0 Å². The number of hydrogen-bond donors (Lipinski definition) is 0. The van der Waals surface area contributed by atoms with Crippen LogP contribution in [0.3, 0.4) is 0 Å². The van der Waals surface area contributed by atoms with Crippen molar-refractivity contribution in [3.8, 4) is 0 Å². The molecule has 0 heterocycles. The minimum atomic E-state index is 0.239. The predicted molar refractivity (Wildman–Crippen MR) is 79.8 cm³/mol. The Labute approximate surface area is 111 Å². The fourth-order valence-corrected chi connectivity index (χ4v) is 3.27. The molecule has 1 fully saturated rings. The lowest BCUT2D eigenvalue weighted by atomic mass is 9.64. The molecule has 0 heteroatoms. The van der Waals surface area contributed by atoms with Crippen LogP contribution < -0.4 is 0 Å². The highest BCUT2D eigenvalue weighted by atomic mass is 14.4. The third kappa shape index (κ3) is 2.58. The highest BCUT2D eigenvalue weighted by molar-refractivity contribution is 5.36. The summed E-state index contributed by atoms with van der Waals surface area (Å²) in [4.78, 5) is 0. The molecule has 18 heavy (non-hydrogen) atoms. The second kappa shape index (κ2) is 6.04. The molecule has 0 saturated heterocycles. The summed E-state index contributed by atoms with van der Waals surface area (Å²) in [6, 6.07) is 11.0. The highest BCUT2D eigenvalue weighted by Crippen LogP contribution is 2.45. The number of rotatable bonds is 5. The quantitative estimate of drug-likeness (QED) is 0.604. The molecule has 2 rings (SSSR count). The van der Waals surface area contributed by atoms with E-state index >= 15 is 0 Å². The van der Waals surface area contributed by atoms with Crippen LogP contribution in [0, 0.1) is 0 Å². The van der Waals surface area contributed by atoms with Crippen LogP contribution >= 0.6 is 0 Å². The number of allylic oxidation sites excluding steroid dienone is 2. The fourth-order valence-electron chi connectivity index (χ4n) is 3.27. The molecule has 0 bridgehead atoms. The van der Waals surface area contributed by atoms with Crippen LogP contribution in [0.5, 0.6) is 0 Å². The predicted octanol–water partition coefficient (Wildman–Crippen LogP) is 5.41. The summed E-state index contributed by atoms with van der Waals surface area (Å²) in [5.41, 5.74) is 3.12. The van der Waals surface area contributed by atoms with Crippen molar-refractivity contribution in [3.63, 3.8) is 0 Å². The maximum atomic E-state index is 4.42. The maximum absolute atomic E-state index is 4.42. The molecular weight excluding hydrogens is 216 g/mol. The van der Waals surface area contributed by atoms with Gasteiger partial charge in [0.25, 0.3) is 0 Å². The van der Waals surface area contributed by atoms with Gasteiger partial charge >= 0.3 is 0 Å². The van der Waals surface area contributed by atoms with E-state index < -0.39 is 0 Å². The van der Waals surface area contributed by atoms with Crippen molar-refractivity contribution < 1.29 is 0 Å². The Bertz CT molecular complexity index is 393. The molecule has 0 amide bonds. The van der Waals surface area contributed by atoms with Crippen molar-refractivity contribution in [1.82, 2.24) is 0 Å². The van der Waals surface area contributed by atoms with E-state index in [1.165, 1.54) is 43.2 Å². The first kappa shape index (κ1) is 13.1. The Kier molecular flexibility index (Phi) is 4.41. The Morgan fingerprint density at radius 3 is 2.39 bits per heavy atom. The standard InChI is InChI=1S/C18H24/c1-3-4-11-16(2)18(14-9-6-10-15-18)17-12-7-5-8-13-17/h3,5,7-8,12-13H,1-2,4,6,9-11,14-15H2. The smallest absolute Gasteiger partial charge is 0.0159 e. The molecule has 0 radical (unpaired) electrons. The largest absolute Gasteiger partial charge is 0.103 e. The Morgan fingerprint density at radius 2 is 1.78 bits per heavy atom. The average Bonchev–Trinajstić information content (AvgIpc) is 2.46. The zero-order valence-electron chi connectivity index (χ0n) is 11.3. The molecule has 0 nitrogen and oxygen atoms in total. The summed E-state index contributed by atoms with van der Waals surface area (Å²) in [7, 11) is 0. The summed E-state index contributed by atoms with van der Waals surface area (Å²) in [5.74, 6) is 0. The van der Waals surface area contributed by atoms with E-state index in [1.54, 1.807) is 0 Å². The lowest BCUT2D eigenvalue weighted by molar-refractivity contribution is 0.333. The van der Waals surface area contributed by atoms with E-state index in [0.717, 1.165) is 12.8 Å². The van der Waals surface area contributed by atoms with Crippen LogP contribution in [-0.4, -0.2) is 0 Å². The van der Waals surface area contributed by atoms with Crippen LogP contribution in [0.2, 0.25) is 0 Å². The third-order valence-electron chi connectivity index (χ3n) is 4.36. The first-order valence-electron chi connectivity index (χ1n) is 7.14. The van der Waals surface area contributed by atoms with E-state index in [0.29, 0.717) is 0 Å². The lowest BCUT2D eigenvalue weighted by Gasteiger charge is -2.40. The van der Waals surface area contributed by atoms with Gasteiger partial charge in [0.15, 0.2) is 0 Å². The van der Waals surface area contributed by atoms with Crippen LogP contribution in [0.25, 0.3) is 0 Å². The molecule has 1 aliphatic carbocycles. The van der Waals surface area contributed by atoms with Crippen LogP contribution in [0.1, 0.15) is 50.5 Å². The van der Waals surface area contributed by atoms with Crippen LogP contribution in [0.4, 0.5) is 0 Å². The summed E-state index contributed by atoms with van der Waals surface area (Å²) >= 11 is 0. The number of benzene rings is 1. The first-order valence-corrected chi connectivity index (χ1v) is 7.14. The number of hydrogen-bond acceptors (Lipinski definition) is 0. The molecule has 0 aromatic heterocycles. The second-order valence-electron chi connectivity index (χ2n) is 5.44. The van der Waals surface area contributed by atoms with Crippen molar-refractivity contribution in [2.24, 2.45) is 0 Å². The molecule has 1 aromatic rings. The van der Waals surface area contributed by atoms with Crippen LogP contribution in [0.15, 0.2) is 55.1 Å². The van der Waals surface area contributed by atoms with Crippen molar-refractivity contribution in [2.75, 3.05) is 0 Å². The van der Waals surface area contributed by atoms with Gasteiger partial charge in [0, 0.05) is 5.41 Å². The monoisotopic (exact) mass is 240 g/mol. The minimum absolute atomic E-state index is 0.239. The Hall–Kier alpha value is -1.30. The van der Waals surface area contributed by atoms with Gasteiger partial charge < -0.3 is 0 Å². The van der Waals surface area contributed by atoms with Crippen molar-refractivity contribution >= 4 is 0 Å². The minimum Gasteiger partial charge on any atom is -0.103 e. The molecule has 0 atom stereocenters. The van der Waals surface area contributed by atoms with Crippen molar-refractivity contribution in [1.29, 1.82) is 0 Å². The topological polar surface area (TPSA) is 0 Å². The van der Waals surface area contributed by atoms with Crippen molar-refractivity contribution in [3.05, 3.63) is 60.7 Å². The van der Waals surface area contributed by atoms with Gasteiger partial charge in [-0.3, -0.25) is 0 Å². The van der Waals surface area contributed by atoms with Gasteiger partial charge in [-0.05, 0) is 31.2 Å². The molecule has 96 valence electrons. The van der Waals surface area contributed by atoms with Gasteiger partial charge in [-0.2, -0.15) is 0 Å². The zero-order chi connectivity index (χ0) is 12.8. The van der Waals surface area contributed by atoms with Crippen molar-refractivity contribution in [2.45, 2.75) is 50.4 Å². The van der Waals surface area contributed by atoms with Gasteiger partial charge in [0.1, 0.15) is 0 Å². The second-order valence-corrected chi connectivity index (χ2v) is 5.44. The molecule has 1 saturated carbocycles. The maximum Gasteiger partial charge on any atom is 0.0159 e. The van der Waals surface area contributed by atoms with Gasteiger partial charge in [-0.1, -0.05) is 67.8 Å². The van der Waals surface area contributed by atoms with E-state index in [4.69, 9.17) is 0 Å². The molecule has 0 unspecified atom stereocenters. The molecular formula is C18H24. The normalized spacial score (nSPS) is 18.2. The van der Waals surface area contributed by atoms with E-state index in [9.17, 15) is 0 Å². The van der Waals surface area contributed by atoms with Gasteiger partial charge in [0.2, 0.25) is 0 Å². The van der Waals surface area contributed by atoms with Gasteiger partial charge in [-0.15, -0.1) is 6.58 Å². The summed E-state index contributed by atoms with van der Waals surface area (Å²) < 4.78 is 0. The Balaban J connectivity index is 2.28. The first-order chi connectivity index (χ1) is 8.79. The fraction of sp³-hybridized carbons (Fsp3) is 0.444. The third-order valence-corrected chi connectivity index (χ3v) is 4.36. The molecule has 0 aliphatic heterocycles. The molecule has 1 aliphatic rings. The van der Waals surface area contributed by atoms with E-state index in [1.807, 2.05) is 6.08 Å². The van der Waals surface area contributed by atoms with E-state index in [2.05, 4.69) is 43.5 Å². The zero-order valence-corrected chi connectivity index (χ0v) is 11.3. The lowest BCUT2D eigenvalue weighted by Crippen LogP contribution is -2.31. The molecule has 0 N–H and O–H groups in total. The van der Waals surface area contributed by atoms with E-state index in [-0.39, 0.29) is 5.41 Å². The summed E-state index contributed by atoms with van der Waals surface area (Å²) in [6.45, 7) is 8.25. The van der Waals surface area contributed by atoms with Gasteiger partial charge in [-0.25, -0.2) is 0 Å². The average molecular weight is 240 g/mol. The summed E-state index contributed by atoms with van der Waals surface area (Å²) in [6.07, 6.45) is 10.7. The highest BCUT2D eigenvalue weighted by Gasteiger charge is 2.35. The SMILES string of the molecule is C=CCCC(=C)C1(c2ccccc2)CCCCC1. The summed E-state index contributed by atoms with van der Waals surface area (Å²) in [5, 5.41) is 0. The van der Waals surface area contributed by atoms with Crippen LogP contribution in [-0.2, 0) is 5.41 Å².